The van der Waals surface area contributed by atoms with Crippen molar-refractivity contribution >= 4 is 0 Å². The van der Waals surface area contributed by atoms with E-state index in [4.69, 9.17) is 10.8 Å². The summed E-state index contributed by atoms with van der Waals surface area (Å²) in [5.74, 6) is 0. The van der Waals surface area contributed by atoms with Crippen molar-refractivity contribution in [3.8, 4) is 0 Å². The van der Waals surface area contributed by atoms with Gasteiger partial charge in [0.25, 0.3) is 0 Å². The number of hydrogen-bond acceptors (Lipinski definition) is 4. The van der Waals surface area contributed by atoms with E-state index in [0.717, 1.165) is 39.1 Å². The predicted molar refractivity (Wildman–Crippen MR) is 76.6 cm³/mol. The van der Waals surface area contributed by atoms with Crippen LogP contribution in [0.1, 0.15) is 33.6 Å². The van der Waals surface area contributed by atoms with Gasteiger partial charge in [-0.1, -0.05) is 20.8 Å². The molecule has 4 nitrogen and oxygen atoms in total. The first-order valence-electron chi connectivity index (χ1n) is 7.24. The lowest BCUT2D eigenvalue weighted by Crippen LogP contribution is -2.39. The summed E-state index contributed by atoms with van der Waals surface area (Å²) in [7, 11) is 0. The summed E-state index contributed by atoms with van der Waals surface area (Å²) >= 11 is 0. The lowest BCUT2D eigenvalue weighted by molar-refractivity contribution is 0.193. The fourth-order valence-corrected chi connectivity index (χ4v) is 2.37. The highest BCUT2D eigenvalue weighted by atomic mass is 16.3. The highest BCUT2D eigenvalue weighted by molar-refractivity contribution is 4.79. The Labute approximate surface area is 112 Å². The maximum Gasteiger partial charge on any atom is 0.0558 e. The smallest absolute Gasteiger partial charge is 0.0558 e. The van der Waals surface area contributed by atoms with Crippen molar-refractivity contribution in [2.24, 2.45) is 11.1 Å². The molecule has 0 saturated carbocycles. The minimum absolute atomic E-state index is 0.203. The molecular weight excluding hydrogens is 226 g/mol. The molecule has 18 heavy (non-hydrogen) atoms. The van der Waals surface area contributed by atoms with Gasteiger partial charge in [-0.05, 0) is 37.9 Å². The highest BCUT2D eigenvalue weighted by Gasteiger charge is 2.22. The van der Waals surface area contributed by atoms with Crippen molar-refractivity contribution in [1.29, 1.82) is 0 Å². The molecule has 0 aromatic heterocycles. The van der Waals surface area contributed by atoms with Gasteiger partial charge in [0.15, 0.2) is 0 Å². The molecule has 1 saturated heterocycles. The van der Waals surface area contributed by atoms with Crippen LogP contribution in [0.25, 0.3) is 0 Å². The molecule has 0 aliphatic carbocycles. The number of rotatable bonds is 5. The van der Waals surface area contributed by atoms with Crippen LogP contribution in [0.15, 0.2) is 0 Å². The van der Waals surface area contributed by atoms with E-state index in [2.05, 4.69) is 30.6 Å². The zero-order valence-corrected chi connectivity index (χ0v) is 12.4. The minimum atomic E-state index is 0.203. The lowest BCUT2D eigenvalue weighted by Gasteiger charge is -2.29. The fourth-order valence-electron chi connectivity index (χ4n) is 2.37. The van der Waals surface area contributed by atoms with Gasteiger partial charge in [-0.3, -0.25) is 4.90 Å². The van der Waals surface area contributed by atoms with Crippen LogP contribution in [0.3, 0.4) is 0 Å². The molecule has 0 bridgehead atoms. The molecule has 1 rings (SSSR count). The molecule has 108 valence electrons. The summed E-state index contributed by atoms with van der Waals surface area (Å²) in [5, 5.41) is 8.97. The molecule has 1 fully saturated rings. The molecule has 1 atom stereocenters. The number of aliphatic hydroxyl groups excluding tert-OH is 1. The van der Waals surface area contributed by atoms with Crippen molar-refractivity contribution < 1.29 is 5.11 Å². The Morgan fingerprint density at radius 3 is 2.11 bits per heavy atom. The number of nitrogens with two attached hydrogens (primary N) is 1. The monoisotopic (exact) mass is 257 g/mol. The maximum atomic E-state index is 8.97. The Hall–Kier alpha value is -0.160. The van der Waals surface area contributed by atoms with Gasteiger partial charge in [-0.25, -0.2) is 0 Å². The van der Waals surface area contributed by atoms with Crippen LogP contribution in [0.5, 0.6) is 0 Å². The molecule has 1 heterocycles. The summed E-state index contributed by atoms with van der Waals surface area (Å²) in [6.45, 7) is 13.3. The van der Waals surface area contributed by atoms with E-state index in [-0.39, 0.29) is 18.1 Å². The third-order valence-electron chi connectivity index (χ3n) is 3.97. The second-order valence-corrected chi connectivity index (χ2v) is 6.52. The number of hydrogen-bond donors (Lipinski definition) is 2. The second-order valence-electron chi connectivity index (χ2n) is 6.52. The topological polar surface area (TPSA) is 52.7 Å². The average molecular weight is 257 g/mol. The molecule has 1 aliphatic heterocycles. The lowest BCUT2D eigenvalue weighted by atomic mass is 9.85. The van der Waals surface area contributed by atoms with Crippen molar-refractivity contribution in [1.82, 2.24) is 9.80 Å². The molecule has 3 N–H and O–H groups in total. The van der Waals surface area contributed by atoms with E-state index in [1.807, 2.05) is 0 Å². The number of nitrogens with zero attached hydrogens (tertiary/aromatic N) is 2. The Bertz CT molecular complexity index is 228. The third-order valence-corrected chi connectivity index (χ3v) is 3.97. The van der Waals surface area contributed by atoms with E-state index in [9.17, 15) is 0 Å². The number of β-amino-alcohol motifs (C(OH)–C–C–N with tert-alkyl or cyclic N) is 1. The van der Waals surface area contributed by atoms with Crippen molar-refractivity contribution in [3.05, 3.63) is 0 Å². The zero-order valence-electron chi connectivity index (χ0n) is 12.4. The SMILES string of the molecule is CC(C)(C)C(N)CCN1CCCN(CCO)CC1. The van der Waals surface area contributed by atoms with Crippen LogP contribution < -0.4 is 5.73 Å². The minimum Gasteiger partial charge on any atom is -0.395 e. The first kappa shape index (κ1) is 15.9. The van der Waals surface area contributed by atoms with E-state index < -0.39 is 0 Å². The summed E-state index contributed by atoms with van der Waals surface area (Å²) in [5.41, 5.74) is 6.41. The summed E-state index contributed by atoms with van der Waals surface area (Å²) in [6.07, 6.45) is 2.27. The molecule has 1 unspecified atom stereocenters. The average Bonchev–Trinajstić information content (AvgIpc) is 2.51. The van der Waals surface area contributed by atoms with Gasteiger partial charge in [-0.2, -0.15) is 0 Å². The normalized spacial score (nSPS) is 21.8. The third kappa shape index (κ3) is 5.65. The highest BCUT2D eigenvalue weighted by Crippen LogP contribution is 2.20. The summed E-state index contributed by atoms with van der Waals surface area (Å²) in [6, 6.07) is 0.272. The Morgan fingerprint density at radius 1 is 1.06 bits per heavy atom. The van der Waals surface area contributed by atoms with Crippen molar-refractivity contribution in [2.75, 3.05) is 45.9 Å². The quantitative estimate of drug-likeness (QED) is 0.763. The summed E-state index contributed by atoms with van der Waals surface area (Å²) < 4.78 is 0. The van der Waals surface area contributed by atoms with Crippen LogP contribution in [0, 0.1) is 5.41 Å². The van der Waals surface area contributed by atoms with Gasteiger partial charge in [0, 0.05) is 25.7 Å². The molecule has 0 radical (unpaired) electrons. The molecular formula is C14H31N3O. The standard InChI is InChI=1S/C14H31N3O/c1-14(2,3)13(15)5-8-16-6-4-7-17(10-9-16)11-12-18/h13,18H,4-12,15H2,1-3H3. The maximum absolute atomic E-state index is 8.97. The summed E-state index contributed by atoms with van der Waals surface area (Å²) in [4.78, 5) is 4.87. The van der Waals surface area contributed by atoms with Gasteiger partial charge >= 0.3 is 0 Å². The molecule has 0 aromatic rings. The molecule has 0 spiro atoms. The van der Waals surface area contributed by atoms with Crippen LogP contribution in [-0.4, -0.2) is 66.8 Å². The van der Waals surface area contributed by atoms with Gasteiger partial charge in [0.2, 0.25) is 0 Å². The van der Waals surface area contributed by atoms with Gasteiger partial charge in [-0.15, -0.1) is 0 Å². The van der Waals surface area contributed by atoms with E-state index in [1.54, 1.807) is 0 Å². The first-order valence-corrected chi connectivity index (χ1v) is 7.24. The van der Waals surface area contributed by atoms with Crippen LogP contribution in [0.2, 0.25) is 0 Å². The molecule has 0 aromatic carbocycles. The van der Waals surface area contributed by atoms with Crippen LogP contribution in [0.4, 0.5) is 0 Å². The zero-order chi connectivity index (χ0) is 13.6. The largest absolute Gasteiger partial charge is 0.395 e. The number of aliphatic hydroxyl groups is 1. The second kappa shape index (κ2) is 7.43. The van der Waals surface area contributed by atoms with Crippen molar-refractivity contribution in [3.63, 3.8) is 0 Å². The first-order chi connectivity index (χ1) is 8.43. The predicted octanol–water partition coefficient (Wildman–Crippen LogP) is 0.750. The van der Waals surface area contributed by atoms with E-state index >= 15 is 0 Å². The van der Waals surface area contributed by atoms with E-state index in [0.29, 0.717) is 0 Å². The molecule has 4 heteroatoms. The van der Waals surface area contributed by atoms with Crippen LogP contribution in [-0.2, 0) is 0 Å². The van der Waals surface area contributed by atoms with Crippen LogP contribution >= 0.6 is 0 Å². The van der Waals surface area contributed by atoms with Gasteiger partial charge < -0.3 is 15.7 Å². The van der Waals surface area contributed by atoms with Gasteiger partial charge in [0.1, 0.15) is 0 Å². The Balaban J connectivity index is 2.27. The molecule has 0 amide bonds. The fraction of sp³-hybridized carbons (Fsp3) is 1.00. The van der Waals surface area contributed by atoms with E-state index in [1.165, 1.54) is 13.0 Å². The van der Waals surface area contributed by atoms with Gasteiger partial charge in [0.05, 0.1) is 6.61 Å². The Morgan fingerprint density at radius 2 is 1.61 bits per heavy atom. The molecule has 1 aliphatic rings. The van der Waals surface area contributed by atoms with Crippen molar-refractivity contribution in [2.45, 2.75) is 39.7 Å². The Kier molecular flexibility index (Phi) is 6.57.